The lowest BCUT2D eigenvalue weighted by molar-refractivity contribution is -0.146. The molecule has 7 fully saturated rings. The van der Waals surface area contributed by atoms with E-state index in [0.29, 0.717) is 63.4 Å². The van der Waals surface area contributed by atoms with Crippen LogP contribution in [0.5, 0.6) is 5.75 Å². The quantitative estimate of drug-likeness (QED) is 0.0148. The molecule has 26 nitrogen and oxygen atoms in total. The Morgan fingerprint density at radius 2 is 0.625 bits per heavy atom. The van der Waals surface area contributed by atoms with Gasteiger partial charge in [0.25, 0.3) is 22.2 Å². The zero-order valence-electron chi connectivity index (χ0n) is 69.3. The van der Waals surface area contributed by atoms with Crippen LogP contribution in [0, 0.1) is 54.3 Å². The van der Waals surface area contributed by atoms with Crippen LogP contribution in [-0.2, 0) is 64.4 Å². The number of carbonyl (C=O) groups is 11. The molecule has 634 valence electrons. The summed E-state index contributed by atoms with van der Waals surface area (Å²) in [6, 6.07) is 21.8. The standard InChI is InChI=1S/C94H108N6O20/c1-6-9-12-15-17-19-20-21-23-25-28-42-119-93(114)60-49-64(99-86(107)74-72-73(75(74)87(99)108)85(106)97(84(72)105)61-45-55(4)44-58(46-61)92(113)118-41-27-24-22-18-16-13-10-7-2)52-65(50-60)100-90(111)78-76-77(79(78)91(100)112)89(110)98(88(76)109)63-48-59(47-62(51-63)96-82(103)70-53-68-69(54-71(70)83(96)104)81(102)95(5)80(68)101)94(115)120-43-30-29-40-117-67-37-33-57(34-38-67)56-31-35-66(36-32-56)116-39-26-14-11-8-3/h33-34,37-38,44-54,56,66,72-79H,6-32,35-36,39-43H2,1-5H3. The number of carbonyl (C=O) groups excluding carboxylic acids is 11. The molecule has 3 aliphatic carbocycles. The third-order valence-corrected chi connectivity index (χ3v) is 25.7. The van der Waals surface area contributed by atoms with Crippen molar-refractivity contribution in [2.24, 2.45) is 54.4 Å². The molecular formula is C94H108N6O20. The minimum atomic E-state index is -1.51. The molecule has 5 aromatic carbocycles. The SMILES string of the molecule is CCCCCCCCCCCCCOC(=O)c1cc(N2C(=O)C3C4C(=O)N(c5cc(C)cc(C(=O)OCCCCCCCCCC)c5)C(=O)C4C3C2=O)cc(N2C(=O)C3C(C2=O)C2C(=O)N(c4cc(C(=O)OCCCCOc5ccc(C6CCC(OCCCCCC)CC6)cc5)cc(-n5c(=O)c6cc7c(=O)n(C)c(=O)c7cc6c5=O)c4)C(=O)C32)c1. The number of hydrogen-bond donors (Lipinski definition) is 0. The van der Waals surface area contributed by atoms with Crippen molar-refractivity contribution >= 4 is 109 Å². The fraction of sp³-hybridized carbons (Fsp3) is 0.521. The number of ether oxygens (including phenoxy) is 5. The first-order chi connectivity index (χ1) is 58.1. The van der Waals surface area contributed by atoms with Gasteiger partial charge in [0.05, 0.1) is 147 Å². The molecule has 8 unspecified atom stereocenters. The van der Waals surface area contributed by atoms with Gasteiger partial charge < -0.3 is 23.7 Å². The Hall–Kier alpha value is -10.9. The van der Waals surface area contributed by atoms with E-state index in [2.05, 4.69) is 32.9 Å². The molecule has 4 aliphatic heterocycles. The Kier molecular flexibility index (Phi) is 26.9. The van der Waals surface area contributed by atoms with Gasteiger partial charge in [0.2, 0.25) is 47.3 Å². The van der Waals surface area contributed by atoms with Crippen LogP contribution in [0.2, 0.25) is 0 Å². The molecule has 4 saturated heterocycles. The molecule has 0 N–H and O–H groups in total. The summed E-state index contributed by atoms with van der Waals surface area (Å²) in [5, 5.41) is -0.744. The van der Waals surface area contributed by atoms with Gasteiger partial charge in [0, 0.05) is 13.7 Å². The van der Waals surface area contributed by atoms with E-state index in [-0.39, 0.29) is 93.1 Å². The summed E-state index contributed by atoms with van der Waals surface area (Å²) in [7, 11) is 1.26. The molecule has 120 heavy (non-hydrogen) atoms. The highest BCUT2D eigenvalue weighted by molar-refractivity contribution is 6.34. The van der Waals surface area contributed by atoms with E-state index < -0.39 is 135 Å². The van der Waals surface area contributed by atoms with Gasteiger partial charge in [-0.25, -0.2) is 38.6 Å². The van der Waals surface area contributed by atoms with Crippen LogP contribution >= 0.6 is 0 Å². The summed E-state index contributed by atoms with van der Waals surface area (Å²) < 4.78 is 30.9. The highest BCUT2D eigenvalue weighted by Crippen LogP contribution is 2.60. The van der Waals surface area contributed by atoms with Gasteiger partial charge in [-0.1, -0.05) is 161 Å². The van der Waals surface area contributed by atoms with Crippen LogP contribution in [0.25, 0.3) is 27.2 Å². The number of aryl methyl sites for hydroxylation is 1. The number of rotatable bonds is 42. The molecule has 8 amide bonds. The number of esters is 3. The van der Waals surface area contributed by atoms with E-state index in [9.17, 15) is 52.7 Å². The molecule has 7 aliphatic rings. The van der Waals surface area contributed by atoms with Crippen molar-refractivity contribution in [3.05, 3.63) is 160 Å². The number of benzene rings is 5. The second-order valence-corrected chi connectivity index (χ2v) is 33.8. The van der Waals surface area contributed by atoms with Gasteiger partial charge in [0.15, 0.2) is 0 Å². The smallest absolute Gasteiger partial charge is 0.338 e. The Labute approximate surface area is 696 Å². The molecule has 0 bridgehead atoms. The van der Waals surface area contributed by atoms with Crippen molar-refractivity contribution in [1.82, 2.24) is 9.13 Å². The van der Waals surface area contributed by atoms with Crippen molar-refractivity contribution in [3.8, 4) is 11.4 Å². The summed E-state index contributed by atoms with van der Waals surface area (Å²) in [5.74, 6) is -20.2. The zero-order chi connectivity index (χ0) is 84.7. The molecule has 7 aromatic rings. The van der Waals surface area contributed by atoms with Crippen LogP contribution in [-0.4, -0.2) is 113 Å². The Bertz CT molecular complexity index is 5190. The lowest BCUT2D eigenvalue weighted by Crippen LogP contribution is -2.50. The van der Waals surface area contributed by atoms with Gasteiger partial charge in [-0.2, -0.15) is 0 Å². The number of amides is 8. The predicted octanol–water partition coefficient (Wildman–Crippen LogP) is 14.0. The third kappa shape index (κ3) is 17.0. The normalized spacial score (nSPS) is 21.7. The average molecular weight is 1640 g/mol. The Balaban J connectivity index is 0.682. The van der Waals surface area contributed by atoms with Crippen molar-refractivity contribution in [3.63, 3.8) is 0 Å². The molecule has 6 heterocycles. The van der Waals surface area contributed by atoms with Crippen molar-refractivity contribution < 1.29 is 76.4 Å². The molecule has 14 rings (SSSR count). The number of imide groups is 4. The van der Waals surface area contributed by atoms with E-state index in [1.54, 1.807) is 19.1 Å². The molecule has 2 aromatic heterocycles. The van der Waals surface area contributed by atoms with Crippen LogP contribution < -0.4 is 46.6 Å². The number of anilines is 4. The Morgan fingerprint density at radius 1 is 0.325 bits per heavy atom. The van der Waals surface area contributed by atoms with Gasteiger partial charge in [-0.05, 0) is 161 Å². The van der Waals surface area contributed by atoms with Gasteiger partial charge in [0.1, 0.15) is 5.75 Å². The zero-order valence-corrected chi connectivity index (χ0v) is 69.3. The highest BCUT2D eigenvalue weighted by Gasteiger charge is 2.75. The minimum Gasteiger partial charge on any atom is -0.494 e. The molecule has 3 saturated carbocycles. The summed E-state index contributed by atoms with van der Waals surface area (Å²) in [5.41, 5.74) is -3.36. The van der Waals surface area contributed by atoms with E-state index in [0.717, 1.165) is 154 Å². The van der Waals surface area contributed by atoms with Gasteiger partial charge >= 0.3 is 17.9 Å². The number of fused-ring (bicyclic) bond motifs is 10. The lowest BCUT2D eigenvalue weighted by Gasteiger charge is -2.36. The first kappa shape index (κ1) is 85.5. The maximum Gasteiger partial charge on any atom is 0.338 e. The maximum atomic E-state index is 15.2. The third-order valence-electron chi connectivity index (χ3n) is 25.7. The van der Waals surface area contributed by atoms with Gasteiger partial charge in [-0.15, -0.1) is 0 Å². The second-order valence-electron chi connectivity index (χ2n) is 33.8. The molecule has 8 atom stereocenters. The van der Waals surface area contributed by atoms with Crippen LogP contribution in [0.3, 0.4) is 0 Å². The summed E-state index contributed by atoms with van der Waals surface area (Å²) >= 11 is 0. The number of aromatic nitrogens is 2. The summed E-state index contributed by atoms with van der Waals surface area (Å²) in [6.45, 7) is 9.30. The first-order valence-corrected chi connectivity index (χ1v) is 43.7. The van der Waals surface area contributed by atoms with E-state index >= 15 is 19.2 Å². The van der Waals surface area contributed by atoms with E-state index in [1.165, 1.54) is 95.0 Å². The van der Waals surface area contributed by atoms with Crippen LogP contribution in [0.4, 0.5) is 22.7 Å². The second kappa shape index (κ2) is 37.8. The fourth-order valence-corrected chi connectivity index (χ4v) is 19.2. The van der Waals surface area contributed by atoms with Crippen molar-refractivity contribution in [2.75, 3.05) is 52.6 Å². The van der Waals surface area contributed by atoms with Crippen molar-refractivity contribution in [1.29, 1.82) is 0 Å². The van der Waals surface area contributed by atoms with Crippen molar-refractivity contribution in [2.45, 2.75) is 226 Å². The summed E-state index contributed by atoms with van der Waals surface area (Å²) in [6.07, 6.45) is 29.5. The fourth-order valence-electron chi connectivity index (χ4n) is 19.2. The highest BCUT2D eigenvalue weighted by atomic mass is 16.5. The van der Waals surface area contributed by atoms with E-state index in [1.807, 2.05) is 12.1 Å². The lowest BCUT2D eigenvalue weighted by atomic mass is 9.59. The first-order valence-electron chi connectivity index (χ1n) is 43.7. The molecule has 26 heteroatoms. The maximum absolute atomic E-state index is 15.2. The number of nitrogens with zero attached hydrogens (tertiary/aromatic N) is 6. The number of hydrogen-bond acceptors (Lipinski definition) is 20. The molecule has 0 radical (unpaired) electrons. The largest absolute Gasteiger partial charge is 0.494 e. The Morgan fingerprint density at radius 3 is 1.01 bits per heavy atom. The monoisotopic (exact) mass is 1640 g/mol. The van der Waals surface area contributed by atoms with Crippen LogP contribution in [0.1, 0.15) is 255 Å². The van der Waals surface area contributed by atoms with Gasteiger partial charge in [-0.3, -0.25) is 62.1 Å². The number of unbranched alkanes of at least 4 members (excludes halogenated alkanes) is 21. The summed E-state index contributed by atoms with van der Waals surface area (Å²) in [4.78, 5) is 220. The van der Waals surface area contributed by atoms with E-state index in [4.69, 9.17) is 23.7 Å². The molecular weight excluding hydrogens is 1530 g/mol. The molecule has 0 spiro atoms. The topological polar surface area (TPSA) is 325 Å². The predicted molar refractivity (Wildman–Crippen MR) is 449 cm³/mol. The minimum absolute atomic E-state index is 0.0400. The average Bonchev–Trinajstić information content (AvgIpc) is 1.52. The van der Waals surface area contributed by atoms with Crippen LogP contribution in [0.15, 0.2) is 110 Å².